The van der Waals surface area contributed by atoms with Crippen molar-refractivity contribution < 1.29 is 4.74 Å². The number of hydrogen-bond acceptors (Lipinski definition) is 7. The molecule has 130 valence electrons. The molecule has 1 fully saturated rings. The van der Waals surface area contributed by atoms with Crippen LogP contribution in [0.3, 0.4) is 0 Å². The normalized spacial score (nSPS) is 15.7. The Labute approximate surface area is 153 Å². The van der Waals surface area contributed by atoms with Crippen LogP contribution in [0.5, 0.6) is 11.6 Å². The van der Waals surface area contributed by atoms with E-state index in [2.05, 4.69) is 30.0 Å². The van der Waals surface area contributed by atoms with E-state index in [4.69, 9.17) is 33.7 Å². The molecule has 0 unspecified atom stereocenters. The predicted molar refractivity (Wildman–Crippen MR) is 95.4 cm³/mol. The van der Waals surface area contributed by atoms with Crippen LogP contribution in [0.25, 0.3) is 11.2 Å². The Bertz CT molecular complexity index is 908. The number of rotatable bonds is 3. The Balaban J connectivity index is 1.61. The molecule has 4 heterocycles. The van der Waals surface area contributed by atoms with Gasteiger partial charge in [-0.15, -0.1) is 5.10 Å². The third-order valence-corrected chi connectivity index (χ3v) is 4.86. The molecule has 3 aromatic heterocycles. The van der Waals surface area contributed by atoms with E-state index in [-0.39, 0.29) is 22.1 Å². The second-order valence-electron chi connectivity index (χ2n) is 5.79. The second kappa shape index (κ2) is 6.62. The number of fused-ring (bicyclic) bond motifs is 1. The Kier molecular flexibility index (Phi) is 4.32. The number of aromatic nitrogens is 5. The first-order valence-electron chi connectivity index (χ1n) is 7.81. The first-order chi connectivity index (χ1) is 12.1. The van der Waals surface area contributed by atoms with Gasteiger partial charge in [0, 0.05) is 31.4 Å². The van der Waals surface area contributed by atoms with E-state index in [1.165, 1.54) is 6.20 Å². The van der Waals surface area contributed by atoms with Crippen LogP contribution in [-0.4, -0.2) is 44.3 Å². The van der Waals surface area contributed by atoms with Gasteiger partial charge in [-0.3, -0.25) is 5.10 Å². The maximum atomic E-state index is 6.09. The topological polar surface area (TPSA) is 106 Å². The van der Waals surface area contributed by atoms with E-state index in [0.717, 1.165) is 31.7 Å². The lowest BCUT2D eigenvalue weighted by Crippen LogP contribution is -2.40. The average Bonchev–Trinajstić information content (AvgIpc) is 3.02. The largest absolute Gasteiger partial charge is 0.434 e. The molecule has 1 saturated heterocycles. The van der Waals surface area contributed by atoms with Gasteiger partial charge in [0.1, 0.15) is 10.8 Å². The number of pyridine rings is 1. The number of aromatic amines is 1. The Morgan fingerprint density at radius 3 is 2.84 bits per heavy atom. The Morgan fingerprint density at radius 1 is 1.24 bits per heavy atom. The van der Waals surface area contributed by atoms with Gasteiger partial charge in [0.25, 0.3) is 5.88 Å². The summed E-state index contributed by atoms with van der Waals surface area (Å²) in [6, 6.07) is 1.87. The molecule has 0 aliphatic carbocycles. The number of anilines is 1. The molecular weight excluding hydrogens is 365 g/mol. The van der Waals surface area contributed by atoms with E-state index < -0.39 is 0 Å². The van der Waals surface area contributed by atoms with Crippen LogP contribution in [-0.2, 0) is 0 Å². The van der Waals surface area contributed by atoms with Crippen LogP contribution in [0, 0.1) is 0 Å². The maximum absolute atomic E-state index is 6.09. The van der Waals surface area contributed by atoms with Gasteiger partial charge in [-0.2, -0.15) is 0 Å². The highest BCUT2D eigenvalue weighted by molar-refractivity contribution is 6.42. The van der Waals surface area contributed by atoms with Crippen molar-refractivity contribution in [3.05, 3.63) is 28.6 Å². The van der Waals surface area contributed by atoms with Gasteiger partial charge in [0.15, 0.2) is 22.1 Å². The van der Waals surface area contributed by atoms with Crippen molar-refractivity contribution in [2.75, 3.05) is 18.0 Å². The van der Waals surface area contributed by atoms with Crippen molar-refractivity contribution in [1.29, 1.82) is 0 Å². The van der Waals surface area contributed by atoms with Crippen molar-refractivity contribution in [3.63, 3.8) is 0 Å². The van der Waals surface area contributed by atoms with Gasteiger partial charge < -0.3 is 15.4 Å². The van der Waals surface area contributed by atoms with E-state index >= 15 is 0 Å². The van der Waals surface area contributed by atoms with Crippen LogP contribution < -0.4 is 15.4 Å². The summed E-state index contributed by atoms with van der Waals surface area (Å²) in [5.41, 5.74) is 7.00. The third-order valence-electron chi connectivity index (χ3n) is 4.11. The van der Waals surface area contributed by atoms with Gasteiger partial charge in [-0.05, 0) is 12.8 Å². The summed E-state index contributed by atoms with van der Waals surface area (Å²) in [4.78, 5) is 15.1. The molecule has 1 aliphatic heterocycles. The molecule has 25 heavy (non-hydrogen) atoms. The van der Waals surface area contributed by atoms with Crippen molar-refractivity contribution in [1.82, 2.24) is 25.1 Å². The van der Waals surface area contributed by atoms with Crippen LogP contribution in [0.2, 0.25) is 10.2 Å². The van der Waals surface area contributed by atoms with E-state index in [1.807, 2.05) is 0 Å². The molecule has 3 aromatic rings. The minimum absolute atomic E-state index is 0.163. The van der Waals surface area contributed by atoms with Crippen LogP contribution in [0.1, 0.15) is 12.8 Å². The molecule has 0 spiro atoms. The number of halogens is 2. The smallest absolute Gasteiger partial charge is 0.266 e. The highest BCUT2D eigenvalue weighted by atomic mass is 35.5. The van der Waals surface area contributed by atoms with Gasteiger partial charge in [0.2, 0.25) is 0 Å². The van der Waals surface area contributed by atoms with Gasteiger partial charge in [-0.1, -0.05) is 23.2 Å². The summed E-state index contributed by atoms with van der Waals surface area (Å²) in [6.45, 7) is 1.73. The predicted octanol–water partition coefficient (Wildman–Crippen LogP) is 2.77. The summed E-state index contributed by atoms with van der Waals surface area (Å²) >= 11 is 12.0. The maximum Gasteiger partial charge on any atom is 0.266 e. The quantitative estimate of drug-likeness (QED) is 0.673. The summed E-state index contributed by atoms with van der Waals surface area (Å²) in [5.74, 6) is 1.42. The zero-order chi connectivity index (χ0) is 17.4. The zero-order valence-electron chi connectivity index (χ0n) is 13.1. The van der Waals surface area contributed by atoms with Crippen molar-refractivity contribution in [2.45, 2.75) is 18.9 Å². The molecule has 1 aliphatic rings. The molecule has 8 nitrogen and oxygen atoms in total. The Morgan fingerprint density at radius 2 is 2.04 bits per heavy atom. The van der Waals surface area contributed by atoms with Crippen molar-refractivity contribution >= 4 is 40.2 Å². The van der Waals surface area contributed by atoms with Crippen LogP contribution in [0.4, 0.5) is 5.82 Å². The van der Waals surface area contributed by atoms with Gasteiger partial charge >= 0.3 is 0 Å². The lowest BCUT2D eigenvalue weighted by molar-refractivity contribution is 0.465. The molecule has 0 aromatic carbocycles. The zero-order valence-corrected chi connectivity index (χ0v) is 14.6. The Hall–Kier alpha value is -2.16. The van der Waals surface area contributed by atoms with E-state index in [0.29, 0.717) is 16.9 Å². The highest BCUT2D eigenvalue weighted by Gasteiger charge is 2.20. The number of piperidine rings is 1. The number of nitrogens with zero attached hydrogens (tertiary/aromatic N) is 5. The number of hydrogen-bond donors (Lipinski definition) is 2. The molecule has 0 saturated carbocycles. The monoisotopic (exact) mass is 379 g/mol. The number of H-pyrrole nitrogens is 1. The van der Waals surface area contributed by atoms with E-state index in [1.54, 1.807) is 12.3 Å². The molecule has 10 heteroatoms. The van der Waals surface area contributed by atoms with Gasteiger partial charge in [0.05, 0.1) is 6.20 Å². The third kappa shape index (κ3) is 3.20. The van der Waals surface area contributed by atoms with Crippen LogP contribution >= 0.6 is 23.2 Å². The lowest BCUT2D eigenvalue weighted by atomic mass is 10.1. The number of nitrogens with two attached hydrogens (primary N) is 1. The molecule has 0 amide bonds. The molecule has 3 N–H and O–H groups in total. The van der Waals surface area contributed by atoms with Crippen molar-refractivity contribution in [2.24, 2.45) is 5.73 Å². The average molecular weight is 380 g/mol. The van der Waals surface area contributed by atoms with Gasteiger partial charge in [-0.25, -0.2) is 15.0 Å². The summed E-state index contributed by atoms with van der Waals surface area (Å²) in [5, 5.41) is 7.35. The lowest BCUT2D eigenvalue weighted by Gasteiger charge is -2.30. The van der Waals surface area contributed by atoms with E-state index in [9.17, 15) is 0 Å². The first kappa shape index (κ1) is 16.3. The summed E-state index contributed by atoms with van der Waals surface area (Å²) in [7, 11) is 0. The fourth-order valence-corrected chi connectivity index (χ4v) is 3.01. The number of ether oxygens (including phenoxy) is 1. The summed E-state index contributed by atoms with van der Waals surface area (Å²) < 4.78 is 5.71. The standard InChI is InChI=1S/C15H15Cl2N7O/c16-11-9(1-4-19-13(11)17)25-15-12-14(22-23-15)21-10(7-20-12)24-5-2-8(18)3-6-24/h1,4,7-8H,2-3,5-6,18H2,(H,21,22,23). The van der Waals surface area contributed by atoms with Crippen LogP contribution in [0.15, 0.2) is 18.5 Å². The molecule has 0 bridgehead atoms. The molecule has 0 radical (unpaired) electrons. The highest BCUT2D eigenvalue weighted by Crippen LogP contribution is 2.34. The molecule has 4 rings (SSSR count). The molecule has 0 atom stereocenters. The minimum atomic E-state index is 0.163. The van der Waals surface area contributed by atoms with Crippen molar-refractivity contribution in [3.8, 4) is 11.6 Å². The number of nitrogens with one attached hydrogen (secondary N) is 1. The summed E-state index contributed by atoms with van der Waals surface area (Å²) in [6.07, 6.45) is 5.10. The molecular formula is C15H15Cl2N7O. The first-order valence-corrected chi connectivity index (χ1v) is 8.57. The second-order valence-corrected chi connectivity index (χ2v) is 6.53. The fourth-order valence-electron chi connectivity index (χ4n) is 2.71. The minimum Gasteiger partial charge on any atom is -0.434 e. The SMILES string of the molecule is NC1CCN(c2cnc3c(Oc4ccnc(Cl)c4Cl)n[nH]c3n2)CC1. The fraction of sp³-hybridized carbons (Fsp3) is 0.333.